The number of hydrogen-bond acceptors (Lipinski definition) is 3. The van der Waals surface area contributed by atoms with Crippen LogP contribution >= 0.6 is 0 Å². The maximum Gasteiger partial charge on any atom is 0.0609 e. The molecular formula is C17H29N3. The molecule has 0 bridgehead atoms. The maximum absolute atomic E-state index is 6.16. The zero-order chi connectivity index (χ0) is 14.6. The van der Waals surface area contributed by atoms with Crippen molar-refractivity contribution in [2.75, 3.05) is 36.5 Å². The van der Waals surface area contributed by atoms with E-state index >= 15 is 0 Å². The first-order valence-electron chi connectivity index (χ1n) is 7.90. The van der Waals surface area contributed by atoms with E-state index in [0.29, 0.717) is 0 Å². The molecule has 3 nitrogen and oxygen atoms in total. The van der Waals surface area contributed by atoms with E-state index in [1.54, 1.807) is 0 Å². The molecule has 0 fully saturated rings. The SMILES string of the molecule is CCCCCC(C)(CN)N1CCN(C)c2ccccc21. The Bertz CT molecular complexity index is 432. The third kappa shape index (κ3) is 2.93. The molecule has 0 radical (unpaired) electrons. The van der Waals surface area contributed by atoms with Crippen molar-refractivity contribution in [3.8, 4) is 0 Å². The van der Waals surface area contributed by atoms with Gasteiger partial charge in [-0.25, -0.2) is 0 Å². The molecule has 1 heterocycles. The minimum atomic E-state index is 0.0759. The number of nitrogens with two attached hydrogens (primary N) is 1. The topological polar surface area (TPSA) is 32.5 Å². The molecule has 0 saturated heterocycles. The number of rotatable bonds is 6. The Morgan fingerprint density at radius 2 is 1.85 bits per heavy atom. The molecule has 2 N–H and O–H groups in total. The lowest BCUT2D eigenvalue weighted by Gasteiger charge is -2.47. The van der Waals surface area contributed by atoms with Gasteiger partial charge in [0.2, 0.25) is 0 Å². The second-order valence-corrected chi connectivity index (χ2v) is 6.22. The predicted octanol–water partition coefficient (Wildman–Crippen LogP) is 3.24. The second-order valence-electron chi connectivity index (χ2n) is 6.22. The quantitative estimate of drug-likeness (QED) is 0.809. The smallest absolute Gasteiger partial charge is 0.0609 e. The highest BCUT2D eigenvalue weighted by Crippen LogP contribution is 2.37. The fourth-order valence-corrected chi connectivity index (χ4v) is 3.17. The van der Waals surface area contributed by atoms with Gasteiger partial charge in [-0.2, -0.15) is 0 Å². The summed E-state index contributed by atoms with van der Waals surface area (Å²) in [5.41, 5.74) is 8.90. The molecule has 1 aliphatic heterocycles. The lowest BCUT2D eigenvalue weighted by atomic mass is 9.90. The molecule has 0 spiro atoms. The normalized spacial score (nSPS) is 17.8. The first-order chi connectivity index (χ1) is 9.62. The first kappa shape index (κ1) is 15.2. The largest absolute Gasteiger partial charge is 0.371 e. The molecule has 1 aromatic carbocycles. The van der Waals surface area contributed by atoms with Gasteiger partial charge >= 0.3 is 0 Å². The Morgan fingerprint density at radius 3 is 2.50 bits per heavy atom. The summed E-state index contributed by atoms with van der Waals surface area (Å²) in [4.78, 5) is 4.88. The molecule has 112 valence electrons. The van der Waals surface area contributed by atoms with Crippen LogP contribution in [0.25, 0.3) is 0 Å². The summed E-state index contributed by atoms with van der Waals surface area (Å²) in [7, 11) is 2.17. The van der Waals surface area contributed by atoms with Crippen LogP contribution in [0.2, 0.25) is 0 Å². The second kappa shape index (κ2) is 6.49. The Labute approximate surface area is 123 Å². The molecule has 1 unspecified atom stereocenters. The van der Waals surface area contributed by atoms with Crippen LogP contribution < -0.4 is 15.5 Å². The van der Waals surface area contributed by atoms with Gasteiger partial charge in [0.15, 0.2) is 0 Å². The van der Waals surface area contributed by atoms with Crippen molar-refractivity contribution in [3.05, 3.63) is 24.3 Å². The highest BCUT2D eigenvalue weighted by Gasteiger charge is 2.34. The van der Waals surface area contributed by atoms with Crippen LogP contribution in [0.5, 0.6) is 0 Å². The summed E-state index contributed by atoms with van der Waals surface area (Å²) in [6, 6.07) is 8.70. The van der Waals surface area contributed by atoms with E-state index in [4.69, 9.17) is 5.73 Å². The Morgan fingerprint density at radius 1 is 1.15 bits per heavy atom. The monoisotopic (exact) mass is 275 g/mol. The number of benzene rings is 1. The van der Waals surface area contributed by atoms with Crippen molar-refractivity contribution in [1.29, 1.82) is 0 Å². The van der Waals surface area contributed by atoms with Gasteiger partial charge in [-0.3, -0.25) is 0 Å². The molecule has 2 rings (SSSR count). The van der Waals surface area contributed by atoms with Crippen LogP contribution in [0.1, 0.15) is 39.5 Å². The lowest BCUT2D eigenvalue weighted by molar-refractivity contribution is 0.380. The zero-order valence-electron chi connectivity index (χ0n) is 13.2. The van der Waals surface area contributed by atoms with Gasteiger partial charge in [0, 0.05) is 32.2 Å². The van der Waals surface area contributed by atoms with Gasteiger partial charge in [-0.15, -0.1) is 0 Å². The predicted molar refractivity (Wildman–Crippen MR) is 88.7 cm³/mol. The standard InChI is InChI=1S/C17H29N3/c1-4-5-8-11-17(2,14-18)20-13-12-19(3)15-9-6-7-10-16(15)20/h6-7,9-10H,4-5,8,11-14,18H2,1-3H3. The third-order valence-corrected chi connectivity index (χ3v) is 4.65. The average Bonchev–Trinajstić information content (AvgIpc) is 2.48. The molecule has 1 atom stereocenters. The number of anilines is 2. The van der Waals surface area contributed by atoms with Gasteiger partial charge in [0.05, 0.1) is 11.4 Å². The first-order valence-corrected chi connectivity index (χ1v) is 7.90. The molecular weight excluding hydrogens is 246 g/mol. The maximum atomic E-state index is 6.16. The molecule has 1 aromatic rings. The summed E-state index contributed by atoms with van der Waals surface area (Å²) in [6.07, 6.45) is 5.00. The van der Waals surface area contributed by atoms with Crippen molar-refractivity contribution in [2.45, 2.75) is 45.1 Å². The fraction of sp³-hybridized carbons (Fsp3) is 0.647. The van der Waals surface area contributed by atoms with E-state index in [0.717, 1.165) is 19.6 Å². The summed E-state index contributed by atoms with van der Waals surface area (Å²) in [5.74, 6) is 0. The van der Waals surface area contributed by atoms with E-state index in [1.807, 2.05) is 0 Å². The molecule has 0 aromatic heterocycles. The molecule has 3 heteroatoms. The highest BCUT2D eigenvalue weighted by atomic mass is 15.3. The van der Waals surface area contributed by atoms with E-state index in [2.05, 4.69) is 55.0 Å². The molecule has 0 aliphatic carbocycles. The molecule has 1 aliphatic rings. The number of hydrogen-bond donors (Lipinski definition) is 1. The zero-order valence-corrected chi connectivity index (χ0v) is 13.2. The van der Waals surface area contributed by atoms with Crippen LogP contribution in [0.3, 0.4) is 0 Å². The number of nitrogens with zero attached hydrogens (tertiary/aromatic N) is 2. The van der Waals surface area contributed by atoms with Gasteiger partial charge < -0.3 is 15.5 Å². The Kier molecular flexibility index (Phi) is 4.92. The number of fused-ring (bicyclic) bond motifs is 1. The summed E-state index contributed by atoms with van der Waals surface area (Å²) < 4.78 is 0. The van der Waals surface area contributed by atoms with E-state index in [1.165, 1.54) is 37.1 Å². The van der Waals surface area contributed by atoms with E-state index in [-0.39, 0.29) is 5.54 Å². The summed E-state index contributed by atoms with van der Waals surface area (Å²) in [6.45, 7) is 7.43. The number of likely N-dealkylation sites (N-methyl/N-ethyl adjacent to an activating group) is 1. The lowest BCUT2D eigenvalue weighted by Crippen LogP contribution is -2.56. The van der Waals surface area contributed by atoms with Gasteiger partial charge in [0.1, 0.15) is 0 Å². The fourth-order valence-electron chi connectivity index (χ4n) is 3.17. The Balaban J connectivity index is 2.24. The van der Waals surface area contributed by atoms with Gasteiger partial charge in [-0.1, -0.05) is 38.3 Å². The van der Waals surface area contributed by atoms with E-state index < -0.39 is 0 Å². The van der Waals surface area contributed by atoms with Crippen molar-refractivity contribution in [1.82, 2.24) is 0 Å². The minimum Gasteiger partial charge on any atom is -0.371 e. The summed E-state index contributed by atoms with van der Waals surface area (Å²) >= 11 is 0. The Hall–Kier alpha value is -1.22. The van der Waals surface area contributed by atoms with Crippen LogP contribution in [0, 0.1) is 0 Å². The molecule has 20 heavy (non-hydrogen) atoms. The third-order valence-electron chi connectivity index (χ3n) is 4.65. The average molecular weight is 275 g/mol. The number of unbranched alkanes of at least 4 members (excludes halogenated alkanes) is 2. The van der Waals surface area contributed by atoms with Crippen LogP contribution in [-0.2, 0) is 0 Å². The van der Waals surface area contributed by atoms with Crippen molar-refractivity contribution in [3.63, 3.8) is 0 Å². The summed E-state index contributed by atoms with van der Waals surface area (Å²) in [5, 5.41) is 0. The van der Waals surface area contributed by atoms with Crippen molar-refractivity contribution < 1.29 is 0 Å². The van der Waals surface area contributed by atoms with Crippen molar-refractivity contribution in [2.24, 2.45) is 5.73 Å². The van der Waals surface area contributed by atoms with E-state index in [9.17, 15) is 0 Å². The van der Waals surface area contributed by atoms with Crippen LogP contribution in [0.15, 0.2) is 24.3 Å². The van der Waals surface area contributed by atoms with Crippen LogP contribution in [-0.4, -0.2) is 32.2 Å². The molecule has 0 saturated carbocycles. The van der Waals surface area contributed by atoms with Crippen LogP contribution in [0.4, 0.5) is 11.4 Å². The van der Waals surface area contributed by atoms with Crippen molar-refractivity contribution >= 4 is 11.4 Å². The minimum absolute atomic E-state index is 0.0759. The molecule has 0 amide bonds. The highest BCUT2D eigenvalue weighted by molar-refractivity contribution is 5.74. The van der Waals surface area contributed by atoms with Gasteiger partial charge in [0.25, 0.3) is 0 Å². The van der Waals surface area contributed by atoms with Gasteiger partial charge in [-0.05, 0) is 25.5 Å². The number of para-hydroxylation sites is 2.